The van der Waals surface area contributed by atoms with E-state index in [1.165, 1.54) is 0 Å². The number of carbonyl (C=O) groups excluding carboxylic acids is 1. The lowest BCUT2D eigenvalue weighted by molar-refractivity contribution is -0.129. The molecule has 2 bridgehead atoms. The zero-order valence-corrected chi connectivity index (χ0v) is 14.6. The van der Waals surface area contributed by atoms with Gasteiger partial charge in [0.15, 0.2) is 11.5 Å². The fourth-order valence-corrected chi connectivity index (χ4v) is 4.48. The van der Waals surface area contributed by atoms with Gasteiger partial charge in [-0.2, -0.15) is 0 Å². The second-order valence-electron chi connectivity index (χ2n) is 7.38. The normalized spacial score (nSPS) is 32.2. The first-order valence-electron chi connectivity index (χ1n) is 9.23. The smallest absolute Gasteiger partial charge is 0.237 e. The molecule has 1 aromatic carbocycles. The van der Waals surface area contributed by atoms with Gasteiger partial charge < -0.3 is 19.9 Å². The summed E-state index contributed by atoms with van der Waals surface area (Å²) in [4.78, 5) is 14.9. The molecule has 3 aliphatic heterocycles. The van der Waals surface area contributed by atoms with Gasteiger partial charge in [0.2, 0.25) is 5.91 Å². The van der Waals surface area contributed by atoms with Crippen molar-refractivity contribution >= 4 is 5.91 Å². The molecule has 2 fully saturated rings. The van der Waals surface area contributed by atoms with Crippen molar-refractivity contribution in [3.8, 4) is 11.5 Å². The van der Waals surface area contributed by atoms with Gasteiger partial charge in [-0.05, 0) is 44.7 Å². The number of hydrogen-bond acceptors (Lipinski definition) is 5. The van der Waals surface area contributed by atoms with Crippen LogP contribution in [-0.2, 0) is 4.79 Å². The topological polar surface area (TPSA) is 71.0 Å². The van der Waals surface area contributed by atoms with Gasteiger partial charge in [0.25, 0.3) is 0 Å². The number of carbonyl (C=O) groups is 1. The van der Waals surface area contributed by atoms with Crippen LogP contribution >= 0.6 is 0 Å². The van der Waals surface area contributed by atoms with Crippen LogP contribution in [0.4, 0.5) is 0 Å². The van der Waals surface area contributed by atoms with E-state index in [1.807, 2.05) is 31.2 Å². The summed E-state index contributed by atoms with van der Waals surface area (Å²) in [6.45, 7) is 2.84. The van der Waals surface area contributed by atoms with Crippen molar-refractivity contribution in [1.29, 1.82) is 0 Å². The Labute approximate surface area is 148 Å². The fourth-order valence-electron chi connectivity index (χ4n) is 4.48. The van der Waals surface area contributed by atoms with Crippen molar-refractivity contribution < 1.29 is 19.4 Å². The zero-order chi connectivity index (χ0) is 17.4. The number of nitrogens with zero attached hydrogens (tertiary/aromatic N) is 1. The number of piperidine rings is 1. The Bertz CT molecular complexity index is 624. The van der Waals surface area contributed by atoms with Crippen LogP contribution < -0.4 is 14.8 Å². The Morgan fingerprint density at radius 2 is 1.96 bits per heavy atom. The second kappa shape index (κ2) is 6.84. The SMILES string of the molecule is C[C@@H](C(=O)NC[C@@H]1COc2ccccc2O1)N1[C@H]2CC[C@H]1CC(O)C2. The van der Waals surface area contributed by atoms with E-state index in [2.05, 4.69) is 10.2 Å². The van der Waals surface area contributed by atoms with Crippen molar-refractivity contribution in [3.63, 3.8) is 0 Å². The number of aliphatic hydroxyl groups is 1. The summed E-state index contributed by atoms with van der Waals surface area (Å²) in [6, 6.07) is 8.06. The molecular weight excluding hydrogens is 320 g/mol. The molecule has 0 aromatic heterocycles. The maximum atomic E-state index is 12.6. The van der Waals surface area contributed by atoms with Crippen LogP contribution in [-0.4, -0.2) is 59.4 Å². The number of rotatable bonds is 4. The number of hydrogen-bond donors (Lipinski definition) is 2. The Balaban J connectivity index is 1.31. The number of benzene rings is 1. The highest BCUT2D eigenvalue weighted by atomic mass is 16.6. The maximum absolute atomic E-state index is 12.6. The molecule has 25 heavy (non-hydrogen) atoms. The van der Waals surface area contributed by atoms with E-state index < -0.39 is 0 Å². The van der Waals surface area contributed by atoms with Crippen molar-refractivity contribution in [1.82, 2.24) is 10.2 Å². The summed E-state index contributed by atoms with van der Waals surface area (Å²) in [5.41, 5.74) is 0. The van der Waals surface area contributed by atoms with Crippen molar-refractivity contribution in [2.24, 2.45) is 0 Å². The largest absolute Gasteiger partial charge is 0.486 e. The van der Waals surface area contributed by atoms with Gasteiger partial charge in [0.05, 0.1) is 18.7 Å². The van der Waals surface area contributed by atoms with Gasteiger partial charge in [-0.15, -0.1) is 0 Å². The average molecular weight is 346 g/mol. The molecule has 1 aromatic rings. The number of fused-ring (bicyclic) bond motifs is 3. The Hall–Kier alpha value is -1.79. The Morgan fingerprint density at radius 1 is 1.28 bits per heavy atom. The summed E-state index contributed by atoms with van der Waals surface area (Å²) < 4.78 is 11.6. The van der Waals surface area contributed by atoms with E-state index in [9.17, 15) is 9.90 Å². The lowest BCUT2D eigenvalue weighted by atomic mass is 9.98. The number of amides is 1. The molecule has 0 aliphatic carbocycles. The van der Waals surface area contributed by atoms with Crippen LogP contribution in [0.15, 0.2) is 24.3 Å². The monoisotopic (exact) mass is 346 g/mol. The van der Waals surface area contributed by atoms with E-state index in [4.69, 9.17) is 9.47 Å². The van der Waals surface area contributed by atoms with Crippen LogP contribution in [0.1, 0.15) is 32.6 Å². The fraction of sp³-hybridized carbons (Fsp3) is 0.632. The zero-order valence-electron chi connectivity index (χ0n) is 14.6. The quantitative estimate of drug-likeness (QED) is 0.860. The molecule has 1 amide bonds. The molecule has 0 radical (unpaired) electrons. The van der Waals surface area contributed by atoms with Crippen LogP contribution in [0.5, 0.6) is 11.5 Å². The van der Waals surface area contributed by atoms with E-state index in [-0.39, 0.29) is 24.2 Å². The lowest BCUT2D eigenvalue weighted by Crippen LogP contribution is -2.55. The number of nitrogens with one attached hydrogen (secondary N) is 1. The lowest BCUT2D eigenvalue weighted by Gasteiger charge is -2.40. The molecule has 4 rings (SSSR count). The molecule has 3 heterocycles. The van der Waals surface area contributed by atoms with E-state index in [1.54, 1.807) is 0 Å². The first kappa shape index (κ1) is 16.7. The van der Waals surface area contributed by atoms with Gasteiger partial charge in [0, 0.05) is 12.1 Å². The van der Waals surface area contributed by atoms with Crippen molar-refractivity contribution in [2.45, 2.75) is 62.9 Å². The second-order valence-corrected chi connectivity index (χ2v) is 7.38. The standard InChI is InChI=1S/C19H26N2O4/c1-12(21-13-6-7-14(21)9-15(22)8-13)19(23)20-10-16-11-24-17-4-2-3-5-18(17)25-16/h2-5,12-16,22H,6-11H2,1H3,(H,20,23)/t12-,13-,14-,16+/m0/s1. The van der Waals surface area contributed by atoms with Gasteiger partial charge in [-0.25, -0.2) is 0 Å². The first-order valence-corrected chi connectivity index (χ1v) is 9.23. The van der Waals surface area contributed by atoms with Crippen LogP contribution in [0.25, 0.3) is 0 Å². The summed E-state index contributed by atoms with van der Waals surface area (Å²) >= 11 is 0. The van der Waals surface area contributed by atoms with Gasteiger partial charge in [-0.3, -0.25) is 9.69 Å². The molecule has 0 saturated carbocycles. The molecule has 2 N–H and O–H groups in total. The summed E-state index contributed by atoms with van der Waals surface area (Å²) in [7, 11) is 0. The van der Waals surface area contributed by atoms with Crippen LogP contribution in [0.2, 0.25) is 0 Å². The highest BCUT2D eigenvalue weighted by Crippen LogP contribution is 2.37. The Kier molecular flexibility index (Phi) is 4.56. The third-order valence-corrected chi connectivity index (χ3v) is 5.66. The minimum Gasteiger partial charge on any atom is -0.486 e. The third-order valence-electron chi connectivity index (χ3n) is 5.66. The van der Waals surface area contributed by atoms with Crippen molar-refractivity contribution in [2.75, 3.05) is 13.2 Å². The predicted molar refractivity (Wildman–Crippen MR) is 92.7 cm³/mol. The minimum absolute atomic E-state index is 0.0238. The van der Waals surface area contributed by atoms with E-state index >= 15 is 0 Å². The molecule has 6 heteroatoms. The average Bonchev–Trinajstić information content (AvgIpc) is 2.90. The number of para-hydroxylation sites is 2. The van der Waals surface area contributed by atoms with Gasteiger partial charge in [0.1, 0.15) is 12.7 Å². The number of ether oxygens (including phenoxy) is 2. The highest BCUT2D eigenvalue weighted by molar-refractivity contribution is 5.81. The molecule has 0 unspecified atom stereocenters. The highest BCUT2D eigenvalue weighted by Gasteiger charge is 2.44. The molecule has 2 saturated heterocycles. The van der Waals surface area contributed by atoms with Crippen molar-refractivity contribution in [3.05, 3.63) is 24.3 Å². The maximum Gasteiger partial charge on any atom is 0.237 e. The van der Waals surface area contributed by atoms with Gasteiger partial charge in [-0.1, -0.05) is 12.1 Å². The Morgan fingerprint density at radius 3 is 2.68 bits per heavy atom. The van der Waals surface area contributed by atoms with E-state index in [0.29, 0.717) is 25.2 Å². The van der Waals surface area contributed by atoms with E-state index in [0.717, 1.165) is 37.2 Å². The molecule has 136 valence electrons. The molecule has 0 spiro atoms. The number of aliphatic hydroxyl groups excluding tert-OH is 1. The predicted octanol–water partition coefficient (Wildman–Crippen LogP) is 1.32. The third kappa shape index (κ3) is 3.33. The molecule has 4 atom stereocenters. The summed E-state index contributed by atoms with van der Waals surface area (Å²) in [5, 5.41) is 12.9. The minimum atomic E-state index is -0.211. The molecule has 3 aliphatic rings. The first-order chi connectivity index (χ1) is 12.1. The molecule has 6 nitrogen and oxygen atoms in total. The molecular formula is C19H26N2O4. The van der Waals surface area contributed by atoms with Crippen LogP contribution in [0, 0.1) is 0 Å². The van der Waals surface area contributed by atoms with Gasteiger partial charge >= 0.3 is 0 Å². The summed E-state index contributed by atoms with van der Waals surface area (Å²) in [5.74, 6) is 1.50. The van der Waals surface area contributed by atoms with Crippen LogP contribution in [0.3, 0.4) is 0 Å². The summed E-state index contributed by atoms with van der Waals surface area (Å²) in [6.07, 6.45) is 3.34.